The van der Waals surface area contributed by atoms with Crippen LogP contribution in [0.25, 0.3) is 0 Å². The lowest BCUT2D eigenvalue weighted by molar-refractivity contribution is 0.510. The van der Waals surface area contributed by atoms with Crippen LogP contribution in [0.5, 0.6) is 0 Å². The van der Waals surface area contributed by atoms with Gasteiger partial charge in [0.05, 0.1) is 0 Å². The summed E-state index contributed by atoms with van der Waals surface area (Å²) in [6.45, 7) is 3.55. The largest absolute Gasteiger partial charge is 0.313 e. The average Bonchev–Trinajstić information content (AvgIpc) is 2.66. The van der Waals surface area contributed by atoms with Gasteiger partial charge in [-0.05, 0) is 50.8 Å². The Hall–Kier alpha value is 0.0500. The van der Waals surface area contributed by atoms with Crippen molar-refractivity contribution >= 4 is 11.8 Å². The number of hydrogen-bond acceptors (Lipinski definition) is 2. The Bertz CT molecular complexity index is 225. The second-order valence-corrected chi connectivity index (χ2v) is 6.27. The van der Waals surface area contributed by atoms with Gasteiger partial charge in [0, 0.05) is 11.3 Å². The molecule has 1 nitrogen and oxygen atoms in total. The monoisotopic (exact) mass is 225 g/mol. The van der Waals surface area contributed by atoms with E-state index in [1.165, 1.54) is 50.8 Å². The summed E-state index contributed by atoms with van der Waals surface area (Å²) in [7, 11) is 0. The summed E-state index contributed by atoms with van der Waals surface area (Å²) >= 11 is 2.11. The minimum atomic E-state index is 0.777. The van der Waals surface area contributed by atoms with Crippen LogP contribution >= 0.6 is 11.8 Å². The van der Waals surface area contributed by atoms with Gasteiger partial charge >= 0.3 is 0 Å². The average molecular weight is 225 g/mol. The predicted octanol–water partition coefficient (Wildman–Crippen LogP) is 3.36. The van der Waals surface area contributed by atoms with Crippen LogP contribution in [0.2, 0.25) is 0 Å². The lowest BCUT2D eigenvalue weighted by Gasteiger charge is -2.18. The van der Waals surface area contributed by atoms with Gasteiger partial charge in [0.2, 0.25) is 0 Å². The zero-order valence-corrected chi connectivity index (χ0v) is 10.6. The molecule has 86 valence electrons. The molecule has 1 heterocycles. The third kappa shape index (κ3) is 3.53. The highest BCUT2D eigenvalue weighted by Crippen LogP contribution is 2.26. The molecule has 15 heavy (non-hydrogen) atoms. The maximum absolute atomic E-state index is 3.72. The van der Waals surface area contributed by atoms with Crippen molar-refractivity contribution < 1.29 is 0 Å². The Balaban J connectivity index is 1.63. The van der Waals surface area contributed by atoms with Crippen LogP contribution in [0.1, 0.15) is 45.4 Å². The van der Waals surface area contributed by atoms with Gasteiger partial charge in [0.15, 0.2) is 0 Å². The molecule has 1 N–H and O–H groups in total. The maximum Gasteiger partial charge on any atom is 0.0191 e. The van der Waals surface area contributed by atoms with Crippen LogP contribution in [0.4, 0.5) is 0 Å². The Kier molecular flexibility index (Phi) is 4.58. The predicted molar refractivity (Wildman–Crippen MR) is 69.5 cm³/mol. The molecule has 2 atom stereocenters. The first-order valence-corrected chi connectivity index (χ1v) is 7.44. The van der Waals surface area contributed by atoms with Crippen molar-refractivity contribution in [2.45, 2.75) is 56.7 Å². The van der Waals surface area contributed by atoms with Crippen molar-refractivity contribution in [3.8, 4) is 0 Å². The van der Waals surface area contributed by atoms with E-state index in [9.17, 15) is 0 Å². The van der Waals surface area contributed by atoms with E-state index in [0.717, 1.165) is 11.3 Å². The molecule has 2 unspecified atom stereocenters. The summed E-state index contributed by atoms with van der Waals surface area (Å²) in [6.07, 6.45) is 10.6. The molecular weight excluding hydrogens is 202 g/mol. The molecule has 2 rings (SSSR count). The Morgan fingerprint density at radius 2 is 2.40 bits per heavy atom. The standard InChI is InChI=1S/C13H23NS/c1-11-13(8-10-15-11)14-9-7-12-5-3-2-4-6-12/h5,11,13-14H,2-4,6-10H2,1H3. The molecule has 1 fully saturated rings. The number of allylic oxidation sites excluding steroid dienone is 1. The molecule has 0 aromatic rings. The minimum absolute atomic E-state index is 0.777. The number of hydrogen-bond donors (Lipinski definition) is 1. The van der Waals surface area contributed by atoms with E-state index in [4.69, 9.17) is 0 Å². The highest BCUT2D eigenvalue weighted by molar-refractivity contribution is 8.00. The summed E-state index contributed by atoms with van der Waals surface area (Å²) in [5, 5.41) is 4.54. The molecule has 1 aliphatic carbocycles. The Morgan fingerprint density at radius 3 is 3.07 bits per heavy atom. The summed E-state index contributed by atoms with van der Waals surface area (Å²) < 4.78 is 0. The van der Waals surface area contributed by atoms with Gasteiger partial charge in [-0.1, -0.05) is 18.6 Å². The van der Waals surface area contributed by atoms with Gasteiger partial charge in [0.1, 0.15) is 0 Å². The molecule has 2 heteroatoms. The lowest BCUT2D eigenvalue weighted by atomic mass is 9.97. The number of thioether (sulfide) groups is 1. The van der Waals surface area contributed by atoms with Crippen LogP contribution in [0.3, 0.4) is 0 Å². The zero-order chi connectivity index (χ0) is 10.5. The molecule has 0 spiro atoms. The SMILES string of the molecule is CC1SCCC1NCCC1=CCCCC1. The Labute approximate surface area is 98.1 Å². The van der Waals surface area contributed by atoms with Crippen molar-refractivity contribution in [3.63, 3.8) is 0 Å². The number of rotatable bonds is 4. The fourth-order valence-corrected chi connectivity index (χ4v) is 3.78. The van der Waals surface area contributed by atoms with E-state index in [1.54, 1.807) is 5.57 Å². The second kappa shape index (κ2) is 5.95. The molecular formula is C13H23NS. The fourth-order valence-electron chi connectivity index (χ4n) is 2.55. The van der Waals surface area contributed by atoms with Gasteiger partial charge in [-0.25, -0.2) is 0 Å². The van der Waals surface area contributed by atoms with Gasteiger partial charge in [-0.15, -0.1) is 0 Å². The first-order chi connectivity index (χ1) is 7.36. The highest BCUT2D eigenvalue weighted by atomic mass is 32.2. The topological polar surface area (TPSA) is 12.0 Å². The van der Waals surface area contributed by atoms with E-state index in [1.807, 2.05) is 0 Å². The smallest absolute Gasteiger partial charge is 0.0191 e. The van der Waals surface area contributed by atoms with Crippen molar-refractivity contribution in [2.75, 3.05) is 12.3 Å². The van der Waals surface area contributed by atoms with E-state index in [2.05, 4.69) is 30.1 Å². The molecule has 2 aliphatic rings. The molecule has 1 aliphatic heterocycles. The molecule has 0 saturated carbocycles. The van der Waals surface area contributed by atoms with E-state index >= 15 is 0 Å². The van der Waals surface area contributed by atoms with Gasteiger partial charge < -0.3 is 5.32 Å². The normalized spacial score (nSPS) is 31.7. The third-order valence-electron chi connectivity index (χ3n) is 3.61. The van der Waals surface area contributed by atoms with Crippen molar-refractivity contribution in [1.29, 1.82) is 0 Å². The van der Waals surface area contributed by atoms with Crippen molar-refractivity contribution in [1.82, 2.24) is 5.32 Å². The number of nitrogens with one attached hydrogen (secondary N) is 1. The molecule has 0 aromatic heterocycles. The van der Waals surface area contributed by atoms with Gasteiger partial charge in [-0.3, -0.25) is 0 Å². The van der Waals surface area contributed by atoms with Crippen LogP contribution in [-0.2, 0) is 0 Å². The Morgan fingerprint density at radius 1 is 1.47 bits per heavy atom. The first kappa shape index (κ1) is 11.5. The van der Waals surface area contributed by atoms with E-state index in [-0.39, 0.29) is 0 Å². The van der Waals surface area contributed by atoms with Crippen LogP contribution < -0.4 is 5.32 Å². The van der Waals surface area contributed by atoms with Crippen LogP contribution in [-0.4, -0.2) is 23.6 Å². The fraction of sp³-hybridized carbons (Fsp3) is 0.846. The molecule has 0 amide bonds. The van der Waals surface area contributed by atoms with E-state index in [0.29, 0.717) is 0 Å². The second-order valence-electron chi connectivity index (χ2n) is 4.78. The van der Waals surface area contributed by atoms with Gasteiger partial charge in [-0.2, -0.15) is 11.8 Å². The minimum Gasteiger partial charge on any atom is -0.313 e. The molecule has 1 saturated heterocycles. The summed E-state index contributed by atoms with van der Waals surface area (Å²) in [5.74, 6) is 1.35. The third-order valence-corrected chi connectivity index (χ3v) is 4.94. The van der Waals surface area contributed by atoms with Crippen LogP contribution in [0.15, 0.2) is 11.6 Å². The summed E-state index contributed by atoms with van der Waals surface area (Å²) in [5.41, 5.74) is 1.70. The zero-order valence-electron chi connectivity index (χ0n) is 9.80. The quantitative estimate of drug-likeness (QED) is 0.736. The highest BCUT2D eigenvalue weighted by Gasteiger charge is 2.22. The molecule has 0 aromatic carbocycles. The summed E-state index contributed by atoms with van der Waals surface area (Å²) in [6, 6.07) is 0.777. The lowest BCUT2D eigenvalue weighted by Crippen LogP contribution is -2.34. The molecule has 0 radical (unpaired) electrons. The molecule has 0 bridgehead atoms. The van der Waals surface area contributed by atoms with Crippen LogP contribution in [0, 0.1) is 0 Å². The van der Waals surface area contributed by atoms with Crippen molar-refractivity contribution in [2.24, 2.45) is 0 Å². The first-order valence-electron chi connectivity index (χ1n) is 6.39. The van der Waals surface area contributed by atoms with E-state index < -0.39 is 0 Å². The van der Waals surface area contributed by atoms with Gasteiger partial charge in [0.25, 0.3) is 0 Å². The maximum atomic E-state index is 3.72. The van der Waals surface area contributed by atoms with Crippen molar-refractivity contribution in [3.05, 3.63) is 11.6 Å². The summed E-state index contributed by atoms with van der Waals surface area (Å²) in [4.78, 5) is 0.